The molecule has 2 rings (SSSR count). The van der Waals surface area contributed by atoms with E-state index < -0.39 is 0 Å². The zero-order chi connectivity index (χ0) is 13.7. The third-order valence-corrected chi connectivity index (χ3v) is 2.76. The largest absolute Gasteiger partial charge is 0.491 e. The van der Waals surface area contributed by atoms with E-state index in [0.717, 1.165) is 17.0 Å². The van der Waals surface area contributed by atoms with Crippen LogP contribution in [0.15, 0.2) is 42.9 Å². The Morgan fingerprint density at radius 1 is 1.16 bits per heavy atom. The minimum absolute atomic E-state index is 0.0244. The van der Waals surface area contributed by atoms with Gasteiger partial charge in [0.25, 0.3) is 0 Å². The van der Waals surface area contributed by atoms with Crippen LogP contribution >= 0.6 is 0 Å². The van der Waals surface area contributed by atoms with Gasteiger partial charge in [-0.1, -0.05) is 18.2 Å². The van der Waals surface area contributed by atoms with Crippen molar-refractivity contribution >= 4 is 0 Å². The SMILES string of the molecule is CNC(c1cnccn1)c1ccccc1OC(C)C. The van der Waals surface area contributed by atoms with Crippen molar-refractivity contribution in [1.82, 2.24) is 15.3 Å². The van der Waals surface area contributed by atoms with Crippen molar-refractivity contribution in [3.05, 3.63) is 54.1 Å². The molecule has 4 heteroatoms. The van der Waals surface area contributed by atoms with Crippen molar-refractivity contribution in [2.45, 2.75) is 26.0 Å². The summed E-state index contributed by atoms with van der Waals surface area (Å²) in [5, 5.41) is 3.27. The van der Waals surface area contributed by atoms with Gasteiger partial charge < -0.3 is 10.1 Å². The quantitative estimate of drug-likeness (QED) is 0.894. The minimum Gasteiger partial charge on any atom is -0.491 e. The molecule has 2 aromatic rings. The number of hydrogen-bond acceptors (Lipinski definition) is 4. The van der Waals surface area contributed by atoms with Crippen LogP contribution in [0.5, 0.6) is 5.75 Å². The van der Waals surface area contributed by atoms with Gasteiger partial charge in [-0.3, -0.25) is 9.97 Å². The number of ether oxygens (including phenoxy) is 1. The van der Waals surface area contributed by atoms with Crippen molar-refractivity contribution < 1.29 is 4.74 Å². The van der Waals surface area contributed by atoms with Crippen LogP contribution < -0.4 is 10.1 Å². The third-order valence-electron chi connectivity index (χ3n) is 2.76. The lowest BCUT2D eigenvalue weighted by Gasteiger charge is -2.20. The van der Waals surface area contributed by atoms with Crippen LogP contribution in [0.1, 0.15) is 31.1 Å². The Kier molecular flexibility index (Phi) is 4.47. The fourth-order valence-electron chi connectivity index (χ4n) is 2.00. The summed E-state index contributed by atoms with van der Waals surface area (Å²) in [7, 11) is 1.91. The fraction of sp³-hybridized carbons (Fsp3) is 0.333. The van der Waals surface area contributed by atoms with Crippen molar-refractivity contribution in [3.8, 4) is 5.75 Å². The Morgan fingerprint density at radius 2 is 1.95 bits per heavy atom. The molecule has 4 nitrogen and oxygen atoms in total. The monoisotopic (exact) mass is 257 g/mol. The van der Waals surface area contributed by atoms with Crippen molar-refractivity contribution in [2.75, 3.05) is 7.05 Å². The summed E-state index contributed by atoms with van der Waals surface area (Å²) in [6.07, 6.45) is 5.28. The lowest BCUT2D eigenvalue weighted by atomic mass is 10.0. The Balaban J connectivity index is 2.38. The fourth-order valence-corrected chi connectivity index (χ4v) is 2.00. The molecule has 0 saturated carbocycles. The lowest BCUT2D eigenvalue weighted by molar-refractivity contribution is 0.238. The highest BCUT2D eigenvalue weighted by Crippen LogP contribution is 2.29. The lowest BCUT2D eigenvalue weighted by Crippen LogP contribution is -2.20. The number of hydrogen-bond donors (Lipinski definition) is 1. The Hall–Kier alpha value is -1.94. The molecule has 1 unspecified atom stereocenters. The summed E-state index contributed by atoms with van der Waals surface area (Å²) in [4.78, 5) is 8.49. The molecule has 0 aliphatic carbocycles. The van der Waals surface area contributed by atoms with Crippen LogP contribution in [0.2, 0.25) is 0 Å². The summed E-state index contributed by atoms with van der Waals surface area (Å²) in [6.45, 7) is 4.04. The van der Waals surface area contributed by atoms with E-state index in [1.807, 2.05) is 45.2 Å². The van der Waals surface area contributed by atoms with Gasteiger partial charge in [0.05, 0.1) is 24.0 Å². The molecule has 1 aromatic carbocycles. The number of aromatic nitrogens is 2. The first-order valence-corrected chi connectivity index (χ1v) is 6.41. The zero-order valence-electron chi connectivity index (χ0n) is 11.5. The molecule has 0 saturated heterocycles. The minimum atomic E-state index is -0.0244. The maximum Gasteiger partial charge on any atom is 0.124 e. The van der Waals surface area contributed by atoms with E-state index in [2.05, 4.69) is 15.3 Å². The molecule has 1 N–H and O–H groups in total. The topological polar surface area (TPSA) is 47.0 Å². The van der Waals surface area contributed by atoms with E-state index in [1.165, 1.54) is 0 Å². The molecule has 0 bridgehead atoms. The molecule has 100 valence electrons. The van der Waals surface area contributed by atoms with Crippen molar-refractivity contribution in [2.24, 2.45) is 0 Å². The number of para-hydroxylation sites is 1. The summed E-state index contributed by atoms with van der Waals surface area (Å²) in [5.74, 6) is 0.877. The first kappa shape index (κ1) is 13.5. The first-order valence-electron chi connectivity index (χ1n) is 6.41. The van der Waals surface area contributed by atoms with Gasteiger partial charge in [0.2, 0.25) is 0 Å². The van der Waals surface area contributed by atoms with E-state index in [9.17, 15) is 0 Å². The Bertz CT molecular complexity index is 514. The number of benzene rings is 1. The molecule has 0 fully saturated rings. The van der Waals surface area contributed by atoms with E-state index in [1.54, 1.807) is 18.6 Å². The predicted octanol–water partition coefficient (Wildman–Crippen LogP) is 2.57. The maximum absolute atomic E-state index is 5.86. The molecule has 0 radical (unpaired) electrons. The highest BCUT2D eigenvalue weighted by molar-refractivity contribution is 5.39. The van der Waals surface area contributed by atoms with Crippen LogP contribution in [-0.2, 0) is 0 Å². The summed E-state index contributed by atoms with van der Waals surface area (Å²) in [5.41, 5.74) is 1.95. The highest BCUT2D eigenvalue weighted by Gasteiger charge is 2.18. The van der Waals surface area contributed by atoms with Gasteiger partial charge in [0, 0.05) is 18.0 Å². The second-order valence-corrected chi connectivity index (χ2v) is 4.56. The number of nitrogens with zero attached hydrogens (tertiary/aromatic N) is 2. The molecule has 0 amide bonds. The molecule has 1 aromatic heterocycles. The van der Waals surface area contributed by atoms with E-state index in [4.69, 9.17) is 4.74 Å². The second-order valence-electron chi connectivity index (χ2n) is 4.56. The third kappa shape index (κ3) is 3.29. The molecule has 1 atom stereocenters. The Morgan fingerprint density at radius 3 is 2.58 bits per heavy atom. The van der Waals surface area contributed by atoms with E-state index >= 15 is 0 Å². The van der Waals surface area contributed by atoms with Gasteiger partial charge in [0.15, 0.2) is 0 Å². The van der Waals surface area contributed by atoms with Gasteiger partial charge >= 0.3 is 0 Å². The van der Waals surface area contributed by atoms with Crippen LogP contribution in [0, 0.1) is 0 Å². The van der Waals surface area contributed by atoms with Crippen LogP contribution in [0.4, 0.5) is 0 Å². The number of nitrogens with one attached hydrogen (secondary N) is 1. The van der Waals surface area contributed by atoms with Crippen molar-refractivity contribution in [1.29, 1.82) is 0 Å². The van der Waals surface area contributed by atoms with Gasteiger partial charge in [-0.2, -0.15) is 0 Å². The van der Waals surface area contributed by atoms with E-state index in [-0.39, 0.29) is 12.1 Å². The summed E-state index contributed by atoms with van der Waals surface area (Å²) < 4.78 is 5.86. The molecule has 0 aliphatic rings. The summed E-state index contributed by atoms with van der Waals surface area (Å²) in [6, 6.07) is 7.99. The van der Waals surface area contributed by atoms with Crippen LogP contribution in [-0.4, -0.2) is 23.1 Å². The molecule has 19 heavy (non-hydrogen) atoms. The smallest absolute Gasteiger partial charge is 0.124 e. The highest BCUT2D eigenvalue weighted by atomic mass is 16.5. The molecular weight excluding hydrogens is 238 g/mol. The molecule has 0 spiro atoms. The molecule has 0 aliphatic heterocycles. The molecular formula is C15H19N3O. The average molecular weight is 257 g/mol. The predicted molar refractivity (Wildman–Crippen MR) is 75.1 cm³/mol. The Labute approximate surface area is 113 Å². The van der Waals surface area contributed by atoms with Gasteiger partial charge in [-0.05, 0) is 27.0 Å². The van der Waals surface area contributed by atoms with Gasteiger partial charge in [-0.25, -0.2) is 0 Å². The first-order chi connectivity index (χ1) is 9.22. The maximum atomic E-state index is 5.86. The second kappa shape index (κ2) is 6.29. The number of rotatable bonds is 5. The normalized spacial score (nSPS) is 12.4. The van der Waals surface area contributed by atoms with Crippen LogP contribution in [0.3, 0.4) is 0 Å². The van der Waals surface area contributed by atoms with Gasteiger partial charge in [0.1, 0.15) is 5.75 Å². The average Bonchev–Trinajstić information content (AvgIpc) is 2.42. The van der Waals surface area contributed by atoms with Crippen molar-refractivity contribution in [3.63, 3.8) is 0 Å². The van der Waals surface area contributed by atoms with Gasteiger partial charge in [-0.15, -0.1) is 0 Å². The van der Waals surface area contributed by atoms with Crippen LogP contribution in [0.25, 0.3) is 0 Å². The summed E-state index contributed by atoms with van der Waals surface area (Å²) >= 11 is 0. The molecule has 1 heterocycles. The van der Waals surface area contributed by atoms with E-state index in [0.29, 0.717) is 0 Å². The zero-order valence-corrected chi connectivity index (χ0v) is 11.5. The standard InChI is InChI=1S/C15H19N3O/c1-11(2)19-14-7-5-4-6-12(14)15(16-3)13-10-17-8-9-18-13/h4-11,15-16H,1-3H3.